The Kier molecular flexibility index (Phi) is 6.20. The highest BCUT2D eigenvalue weighted by atomic mass is 32.2. The van der Waals surface area contributed by atoms with Gasteiger partial charge in [0, 0.05) is 0 Å². The number of halogens is 6. The fourth-order valence-corrected chi connectivity index (χ4v) is 3.17. The average Bonchev–Trinajstić information content (AvgIpc) is 2.52. The largest absolute Gasteiger partial charge is 0.743 e. The SMILES string of the molecule is CCC(C)c1ccc(OS(=O)(=O)C(F)(F)C(F)(F)C(F)(F)S(=O)(=O)[O-])cc1. The summed E-state index contributed by atoms with van der Waals surface area (Å²) in [5, 5.41) is -13.7. The van der Waals surface area contributed by atoms with Crippen LogP contribution in [0.25, 0.3) is 0 Å². The predicted octanol–water partition coefficient (Wildman–Crippen LogP) is 3.27. The molecule has 6 nitrogen and oxygen atoms in total. The lowest BCUT2D eigenvalue weighted by Gasteiger charge is -2.32. The van der Waals surface area contributed by atoms with Crippen LogP contribution in [0.3, 0.4) is 0 Å². The normalized spacial score (nSPS) is 15.4. The first-order chi connectivity index (χ1) is 11.9. The Labute approximate surface area is 151 Å². The van der Waals surface area contributed by atoms with E-state index in [1.165, 1.54) is 12.1 Å². The predicted molar refractivity (Wildman–Crippen MR) is 79.2 cm³/mol. The van der Waals surface area contributed by atoms with Crippen LogP contribution < -0.4 is 4.18 Å². The zero-order chi connectivity index (χ0) is 21.5. The maximum absolute atomic E-state index is 13.6. The van der Waals surface area contributed by atoms with Gasteiger partial charge in [0.1, 0.15) is 5.75 Å². The van der Waals surface area contributed by atoms with E-state index >= 15 is 0 Å². The second-order valence-electron chi connectivity index (χ2n) is 5.48. The fraction of sp³-hybridized carbons (Fsp3) is 0.538. The Bertz CT molecular complexity index is 880. The summed E-state index contributed by atoms with van der Waals surface area (Å²) in [5.74, 6) is -8.04. The molecule has 27 heavy (non-hydrogen) atoms. The molecule has 1 rings (SSSR count). The lowest BCUT2D eigenvalue weighted by Crippen LogP contribution is -2.61. The van der Waals surface area contributed by atoms with Gasteiger partial charge in [0.05, 0.1) is 0 Å². The summed E-state index contributed by atoms with van der Waals surface area (Å²) in [7, 11) is -14.1. The zero-order valence-corrected chi connectivity index (χ0v) is 15.3. The van der Waals surface area contributed by atoms with Crippen LogP contribution in [0.15, 0.2) is 24.3 Å². The van der Waals surface area contributed by atoms with Gasteiger partial charge in [-0.3, -0.25) is 0 Å². The smallest absolute Gasteiger partial charge is 0.450 e. The van der Waals surface area contributed by atoms with Crippen molar-refractivity contribution in [3.8, 4) is 5.75 Å². The Balaban J connectivity index is 3.29. The van der Waals surface area contributed by atoms with E-state index in [4.69, 9.17) is 0 Å². The van der Waals surface area contributed by atoms with Gasteiger partial charge in [-0.15, -0.1) is 0 Å². The first-order valence-electron chi connectivity index (χ1n) is 7.05. The van der Waals surface area contributed by atoms with E-state index in [0.717, 1.165) is 12.1 Å². The van der Waals surface area contributed by atoms with Gasteiger partial charge in [-0.2, -0.15) is 34.8 Å². The van der Waals surface area contributed by atoms with E-state index in [2.05, 4.69) is 4.18 Å². The maximum Gasteiger partial charge on any atom is 0.450 e. The summed E-state index contributed by atoms with van der Waals surface area (Å²) >= 11 is 0. The van der Waals surface area contributed by atoms with Crippen molar-refractivity contribution in [1.29, 1.82) is 0 Å². The summed E-state index contributed by atoms with van der Waals surface area (Å²) in [6.45, 7) is 3.58. The molecule has 0 aliphatic heterocycles. The van der Waals surface area contributed by atoms with E-state index in [0.29, 0.717) is 12.0 Å². The van der Waals surface area contributed by atoms with Crippen LogP contribution in [0.4, 0.5) is 26.3 Å². The van der Waals surface area contributed by atoms with Crippen molar-refractivity contribution in [3.05, 3.63) is 29.8 Å². The van der Waals surface area contributed by atoms with E-state index in [-0.39, 0.29) is 5.92 Å². The van der Waals surface area contributed by atoms with Crippen LogP contribution in [0.2, 0.25) is 0 Å². The lowest BCUT2D eigenvalue weighted by atomic mass is 9.99. The number of benzene rings is 1. The second-order valence-corrected chi connectivity index (χ2v) is 8.49. The van der Waals surface area contributed by atoms with Gasteiger partial charge in [0.15, 0.2) is 10.1 Å². The molecule has 0 N–H and O–H groups in total. The van der Waals surface area contributed by atoms with Gasteiger partial charge < -0.3 is 8.74 Å². The fourth-order valence-electron chi connectivity index (χ4n) is 1.75. The zero-order valence-electron chi connectivity index (χ0n) is 13.6. The molecule has 1 aromatic rings. The molecule has 0 aromatic heterocycles. The molecule has 0 saturated carbocycles. The Hall–Kier alpha value is -1.54. The van der Waals surface area contributed by atoms with Crippen LogP contribution in [0, 0.1) is 0 Å². The van der Waals surface area contributed by atoms with Crippen molar-refractivity contribution < 1.29 is 51.9 Å². The van der Waals surface area contributed by atoms with Crippen molar-refractivity contribution in [2.75, 3.05) is 0 Å². The highest BCUT2D eigenvalue weighted by Crippen LogP contribution is 2.50. The van der Waals surface area contributed by atoms with Crippen molar-refractivity contribution in [2.24, 2.45) is 0 Å². The van der Waals surface area contributed by atoms with Crippen LogP contribution in [-0.2, 0) is 20.2 Å². The van der Waals surface area contributed by atoms with Crippen molar-refractivity contribution in [3.63, 3.8) is 0 Å². The van der Waals surface area contributed by atoms with Gasteiger partial charge in [-0.1, -0.05) is 26.0 Å². The monoisotopic (exact) mass is 443 g/mol. The number of hydrogen-bond acceptors (Lipinski definition) is 6. The third-order valence-electron chi connectivity index (χ3n) is 3.63. The topological polar surface area (TPSA) is 101 Å². The molecule has 0 radical (unpaired) electrons. The lowest BCUT2D eigenvalue weighted by molar-refractivity contribution is -0.247. The third-order valence-corrected chi connectivity index (χ3v) is 5.81. The third kappa shape index (κ3) is 4.01. The van der Waals surface area contributed by atoms with Gasteiger partial charge in [-0.25, -0.2) is 8.42 Å². The second kappa shape index (κ2) is 7.13. The minimum Gasteiger partial charge on any atom is -0.743 e. The Morgan fingerprint density at radius 3 is 1.78 bits per heavy atom. The van der Waals surface area contributed by atoms with Crippen molar-refractivity contribution in [2.45, 2.75) is 42.6 Å². The first kappa shape index (κ1) is 23.5. The molecule has 0 spiro atoms. The van der Waals surface area contributed by atoms with Crippen LogP contribution >= 0.6 is 0 Å². The first-order valence-corrected chi connectivity index (χ1v) is 9.87. The van der Waals surface area contributed by atoms with E-state index in [9.17, 15) is 47.7 Å². The highest BCUT2D eigenvalue weighted by molar-refractivity contribution is 7.88. The summed E-state index contributed by atoms with van der Waals surface area (Å²) in [4.78, 5) is 0. The molecule has 1 atom stereocenters. The highest BCUT2D eigenvalue weighted by Gasteiger charge is 2.81. The van der Waals surface area contributed by atoms with E-state index in [1.54, 1.807) is 6.92 Å². The van der Waals surface area contributed by atoms with Crippen LogP contribution in [0.1, 0.15) is 31.7 Å². The molecule has 0 saturated heterocycles. The van der Waals surface area contributed by atoms with E-state index < -0.39 is 42.4 Å². The molecule has 0 aliphatic rings. The average molecular weight is 443 g/mol. The van der Waals surface area contributed by atoms with Gasteiger partial charge in [0.2, 0.25) is 0 Å². The molecule has 0 fully saturated rings. The van der Waals surface area contributed by atoms with Gasteiger partial charge in [-0.05, 0) is 30.0 Å². The number of alkyl halides is 6. The molecule has 1 unspecified atom stereocenters. The summed E-state index contributed by atoms with van der Waals surface area (Å²) in [5.41, 5.74) is 0.614. The molecule has 156 valence electrons. The number of hydrogen-bond donors (Lipinski definition) is 0. The molecule has 1 aromatic carbocycles. The van der Waals surface area contributed by atoms with Crippen LogP contribution in [0.5, 0.6) is 5.75 Å². The molecule has 0 heterocycles. The van der Waals surface area contributed by atoms with Gasteiger partial charge >= 0.3 is 26.5 Å². The molecular formula is C13H13F6O6S2-. The number of rotatable bonds is 8. The minimum absolute atomic E-state index is 0.0256. The quantitative estimate of drug-likeness (QED) is 0.347. The molecular weight excluding hydrogens is 430 g/mol. The summed E-state index contributed by atoms with van der Waals surface area (Å²) in [6.07, 6.45) is 0.654. The molecule has 0 bridgehead atoms. The summed E-state index contributed by atoms with van der Waals surface area (Å²) in [6, 6.07) is 4.09. The molecule has 0 aliphatic carbocycles. The van der Waals surface area contributed by atoms with Gasteiger partial charge in [0.25, 0.3) is 0 Å². The van der Waals surface area contributed by atoms with Crippen molar-refractivity contribution >= 4 is 20.2 Å². The van der Waals surface area contributed by atoms with Crippen LogP contribution in [-0.4, -0.2) is 37.8 Å². The maximum atomic E-state index is 13.6. The Morgan fingerprint density at radius 1 is 0.963 bits per heavy atom. The summed E-state index contributed by atoms with van der Waals surface area (Å²) < 4.78 is 137. The van der Waals surface area contributed by atoms with E-state index in [1.807, 2.05) is 6.92 Å². The minimum atomic E-state index is -7.33. The Morgan fingerprint density at radius 2 is 1.41 bits per heavy atom. The van der Waals surface area contributed by atoms with Crippen molar-refractivity contribution in [1.82, 2.24) is 0 Å². The standard InChI is InChI=1S/C13H14F6O6S2/c1-3-8(2)9-4-6-10(7-5-9)25-27(23,24)13(18,19)11(14,15)12(16,17)26(20,21)22/h4-8H,3H2,1-2H3,(H,20,21,22)/p-1. The molecule has 14 heteroatoms. The molecule has 0 amide bonds.